The van der Waals surface area contributed by atoms with E-state index in [1.54, 1.807) is 6.20 Å². The van der Waals surface area contributed by atoms with E-state index in [-0.39, 0.29) is 20.1 Å². The van der Waals surface area contributed by atoms with Crippen LogP contribution in [0.2, 0.25) is 9.36 Å². The fourth-order valence-corrected chi connectivity index (χ4v) is 7.07. The number of thiophene rings is 1. The zero-order chi connectivity index (χ0) is 27.0. The first kappa shape index (κ1) is 27.6. The van der Waals surface area contributed by atoms with Crippen LogP contribution in [0.15, 0.2) is 46.6 Å². The Morgan fingerprint density at radius 1 is 1.16 bits per heavy atom. The van der Waals surface area contributed by atoms with Gasteiger partial charge in [-0.05, 0) is 48.6 Å². The number of fused-ring (bicyclic) bond motifs is 1. The third kappa shape index (κ3) is 6.36. The molecule has 4 rings (SSSR count). The number of halogens is 6. The molecule has 3 aromatic rings. The highest BCUT2D eigenvalue weighted by Crippen LogP contribution is 2.36. The van der Waals surface area contributed by atoms with Crippen LogP contribution in [0.4, 0.5) is 17.6 Å². The van der Waals surface area contributed by atoms with Gasteiger partial charge < -0.3 is 5.32 Å². The number of allylic oxidation sites excluding steroid dienone is 1. The molecule has 0 radical (unpaired) electrons. The van der Waals surface area contributed by atoms with Gasteiger partial charge in [-0.1, -0.05) is 35.3 Å². The number of sulfone groups is 1. The lowest BCUT2D eigenvalue weighted by atomic mass is 9.92. The zero-order valence-corrected chi connectivity index (χ0v) is 22.1. The van der Waals surface area contributed by atoms with Crippen molar-refractivity contribution in [2.75, 3.05) is 12.3 Å². The first-order chi connectivity index (χ1) is 17.3. The van der Waals surface area contributed by atoms with Crippen LogP contribution in [0, 0.1) is 0 Å². The van der Waals surface area contributed by atoms with E-state index in [0.717, 1.165) is 35.1 Å². The smallest absolute Gasteiger partial charge is 0.349 e. The van der Waals surface area contributed by atoms with Crippen LogP contribution in [-0.2, 0) is 33.8 Å². The lowest BCUT2D eigenvalue weighted by Gasteiger charge is -2.19. The fraction of sp³-hybridized carbons (Fsp3) is 0.304. The van der Waals surface area contributed by atoms with E-state index in [9.17, 15) is 26.4 Å². The van der Waals surface area contributed by atoms with E-state index in [2.05, 4.69) is 10.4 Å². The molecule has 198 valence electrons. The summed E-state index contributed by atoms with van der Waals surface area (Å²) in [5.41, 5.74) is 1.38. The number of aryl methyl sites for hydroxylation is 1. The van der Waals surface area contributed by atoms with Crippen molar-refractivity contribution in [2.45, 2.75) is 36.2 Å². The molecule has 1 aliphatic carbocycles. The van der Waals surface area contributed by atoms with E-state index < -0.39 is 45.6 Å². The van der Waals surface area contributed by atoms with Gasteiger partial charge in [0.25, 0.3) is 0 Å². The largest absolute Gasteiger partial charge is 0.416 e. The third-order valence-corrected chi connectivity index (χ3v) is 9.75. The SMILES string of the molecule is O=C(CS(=O)(=O)c1cc(Cl)c(Cl)s1)NC/C(F)=C1\CCCc2cnn(Cc3ccc(C(F)(F)F)cc3)c21. The molecule has 0 saturated carbocycles. The van der Waals surface area contributed by atoms with E-state index in [1.807, 2.05) is 0 Å². The van der Waals surface area contributed by atoms with Crippen molar-refractivity contribution in [3.8, 4) is 0 Å². The summed E-state index contributed by atoms with van der Waals surface area (Å²) in [6, 6.07) is 5.79. The predicted octanol–water partition coefficient (Wildman–Crippen LogP) is 5.93. The maximum absolute atomic E-state index is 15.2. The highest BCUT2D eigenvalue weighted by Gasteiger charge is 2.30. The van der Waals surface area contributed by atoms with Gasteiger partial charge >= 0.3 is 6.18 Å². The van der Waals surface area contributed by atoms with Crippen molar-refractivity contribution in [3.05, 3.63) is 74.1 Å². The lowest BCUT2D eigenvalue weighted by molar-refractivity contribution is -0.137. The highest BCUT2D eigenvalue weighted by atomic mass is 35.5. The van der Waals surface area contributed by atoms with Gasteiger partial charge in [0.2, 0.25) is 5.91 Å². The molecule has 1 amide bonds. The van der Waals surface area contributed by atoms with E-state index in [4.69, 9.17) is 23.2 Å². The topological polar surface area (TPSA) is 81.1 Å². The summed E-state index contributed by atoms with van der Waals surface area (Å²) >= 11 is 12.3. The fourth-order valence-electron chi connectivity index (χ4n) is 3.94. The predicted molar refractivity (Wildman–Crippen MR) is 133 cm³/mol. The van der Waals surface area contributed by atoms with Gasteiger partial charge in [0.05, 0.1) is 35.6 Å². The van der Waals surface area contributed by atoms with Crippen molar-refractivity contribution in [2.24, 2.45) is 0 Å². The summed E-state index contributed by atoms with van der Waals surface area (Å²) in [7, 11) is -4.01. The number of carbonyl (C=O) groups excluding carboxylic acids is 1. The van der Waals surface area contributed by atoms with Crippen molar-refractivity contribution in [1.82, 2.24) is 15.1 Å². The first-order valence-corrected chi connectivity index (χ1v) is 14.1. The van der Waals surface area contributed by atoms with Gasteiger partial charge in [0.15, 0.2) is 9.84 Å². The van der Waals surface area contributed by atoms with E-state index >= 15 is 4.39 Å². The number of hydrogen-bond donors (Lipinski definition) is 1. The average Bonchev–Trinajstić information content (AvgIpc) is 3.40. The quantitative estimate of drug-likeness (QED) is 0.343. The molecule has 37 heavy (non-hydrogen) atoms. The minimum absolute atomic E-state index is 0.0578. The van der Waals surface area contributed by atoms with Crippen LogP contribution in [0.1, 0.15) is 35.2 Å². The number of nitrogens with zero attached hydrogens (tertiary/aromatic N) is 2. The molecule has 0 spiro atoms. The molecule has 1 N–H and O–H groups in total. The number of carbonyl (C=O) groups is 1. The molecule has 0 atom stereocenters. The van der Waals surface area contributed by atoms with Crippen molar-refractivity contribution in [1.29, 1.82) is 0 Å². The van der Waals surface area contributed by atoms with Gasteiger partial charge in [-0.15, -0.1) is 11.3 Å². The van der Waals surface area contributed by atoms with Gasteiger partial charge in [-0.2, -0.15) is 18.3 Å². The van der Waals surface area contributed by atoms with Gasteiger partial charge in [0, 0.05) is 5.57 Å². The van der Waals surface area contributed by atoms with Crippen LogP contribution < -0.4 is 5.32 Å². The summed E-state index contributed by atoms with van der Waals surface area (Å²) < 4.78 is 80.1. The Hall–Kier alpha value is -2.41. The van der Waals surface area contributed by atoms with Gasteiger partial charge in [-0.3, -0.25) is 9.48 Å². The molecule has 1 aromatic carbocycles. The number of rotatable bonds is 7. The number of benzene rings is 1. The van der Waals surface area contributed by atoms with Crippen LogP contribution in [-0.4, -0.2) is 36.4 Å². The van der Waals surface area contributed by atoms with Crippen molar-refractivity contribution in [3.63, 3.8) is 0 Å². The number of hydrogen-bond acceptors (Lipinski definition) is 5. The zero-order valence-electron chi connectivity index (χ0n) is 18.9. The van der Waals surface area contributed by atoms with Crippen molar-refractivity contribution < 1.29 is 30.8 Å². The number of aromatic nitrogens is 2. The number of nitrogens with one attached hydrogen (secondary N) is 1. The van der Waals surface area contributed by atoms with Crippen LogP contribution >= 0.6 is 34.5 Å². The van der Waals surface area contributed by atoms with E-state index in [1.165, 1.54) is 16.8 Å². The molecule has 0 fully saturated rings. The molecule has 0 aliphatic heterocycles. The second-order valence-corrected chi connectivity index (χ2v) is 12.6. The molecule has 1 aliphatic rings. The van der Waals surface area contributed by atoms with Crippen LogP contribution in [0.5, 0.6) is 0 Å². The first-order valence-electron chi connectivity index (χ1n) is 10.9. The highest BCUT2D eigenvalue weighted by molar-refractivity contribution is 7.94. The molecule has 6 nitrogen and oxygen atoms in total. The van der Waals surface area contributed by atoms with E-state index in [0.29, 0.717) is 36.1 Å². The Morgan fingerprint density at radius 3 is 2.49 bits per heavy atom. The maximum Gasteiger partial charge on any atom is 0.416 e. The molecule has 0 unspecified atom stereocenters. The Labute approximate surface area is 223 Å². The summed E-state index contributed by atoms with van der Waals surface area (Å²) in [4.78, 5) is 12.3. The molecule has 14 heteroatoms. The summed E-state index contributed by atoms with van der Waals surface area (Å²) in [5.74, 6) is -2.45. The molecule has 2 heterocycles. The molecular formula is C23H19Cl2F4N3O3S2. The van der Waals surface area contributed by atoms with Crippen LogP contribution in [0.3, 0.4) is 0 Å². The standard InChI is InChI=1S/C23H19Cl2F4N3O3S2/c24-17-8-20(36-22(17)25)37(34,35)12-19(33)30-10-18(26)16-3-1-2-14-9-31-32(21(14)16)11-13-4-6-15(7-5-13)23(27,28)29/h4-9H,1-3,10-12H2,(H,30,33)/b18-16-. The van der Waals surface area contributed by atoms with Crippen molar-refractivity contribution >= 4 is 55.9 Å². The van der Waals surface area contributed by atoms with Crippen LogP contribution in [0.25, 0.3) is 5.57 Å². The van der Waals surface area contributed by atoms with Gasteiger partial charge in [-0.25, -0.2) is 12.8 Å². The Kier molecular flexibility index (Phi) is 8.03. The molecule has 2 aromatic heterocycles. The maximum atomic E-state index is 15.2. The number of amides is 1. The lowest BCUT2D eigenvalue weighted by Crippen LogP contribution is -2.31. The Morgan fingerprint density at radius 2 is 1.86 bits per heavy atom. The summed E-state index contributed by atoms with van der Waals surface area (Å²) in [5, 5.41) is 6.64. The Balaban J connectivity index is 1.48. The monoisotopic (exact) mass is 595 g/mol. The van der Waals surface area contributed by atoms with Gasteiger partial charge in [0.1, 0.15) is 20.1 Å². The Bertz CT molecular complexity index is 1440. The summed E-state index contributed by atoms with van der Waals surface area (Å²) in [6.45, 7) is -0.401. The second kappa shape index (κ2) is 10.8. The molecular weight excluding hydrogens is 577 g/mol. The molecule has 0 saturated heterocycles. The third-order valence-electron chi connectivity index (χ3n) is 5.71. The molecule has 0 bridgehead atoms. The minimum atomic E-state index is -4.45. The second-order valence-electron chi connectivity index (χ2n) is 8.33. The number of alkyl halides is 3. The average molecular weight is 596 g/mol. The summed E-state index contributed by atoms with van der Waals surface area (Å²) in [6.07, 6.45) is -1.21. The normalized spacial score (nSPS) is 15.4. The minimum Gasteiger partial charge on any atom is -0.349 e.